The summed E-state index contributed by atoms with van der Waals surface area (Å²) in [6.45, 7) is 0. The molecule has 13 heavy (non-hydrogen) atoms. The molecule has 3 aromatic rings. The number of hydrogen-bond acceptors (Lipinski definition) is 4. The predicted molar refractivity (Wildman–Crippen MR) is 52.7 cm³/mol. The Hall–Kier alpha value is -1.55. The Morgan fingerprint density at radius 1 is 1.15 bits per heavy atom. The van der Waals surface area contributed by atoms with Crippen molar-refractivity contribution in [2.24, 2.45) is 0 Å². The molecular formula is C9H5N3S. The molecule has 1 aromatic carbocycles. The lowest BCUT2D eigenvalue weighted by Gasteiger charge is -1.86. The minimum Gasteiger partial charge on any atom is -0.231 e. The summed E-state index contributed by atoms with van der Waals surface area (Å²) in [6, 6.07) is 8.16. The molecule has 0 fully saturated rings. The maximum Gasteiger partial charge on any atom is 0.165 e. The zero-order valence-corrected chi connectivity index (χ0v) is 7.45. The summed E-state index contributed by atoms with van der Waals surface area (Å²) in [5.41, 5.74) is 0.954. The number of fused-ring (bicyclic) bond motifs is 3. The standard InChI is InChI=1S/C9H5N3S/c1-2-4-7-6(3-1)8-9(13-7)12-11-5-10-8/h1-5H. The van der Waals surface area contributed by atoms with Crippen LogP contribution in [-0.2, 0) is 0 Å². The Bertz CT molecular complexity index is 523. The minimum atomic E-state index is 0.906. The van der Waals surface area contributed by atoms with Crippen molar-refractivity contribution in [1.82, 2.24) is 15.2 Å². The second-order valence-electron chi connectivity index (χ2n) is 2.71. The normalized spacial score (nSPS) is 11.1. The summed E-state index contributed by atoms with van der Waals surface area (Å²) in [7, 11) is 0. The van der Waals surface area contributed by atoms with Crippen molar-refractivity contribution in [1.29, 1.82) is 0 Å². The van der Waals surface area contributed by atoms with Crippen LogP contribution in [0.4, 0.5) is 0 Å². The summed E-state index contributed by atoms with van der Waals surface area (Å²) in [6.07, 6.45) is 1.49. The van der Waals surface area contributed by atoms with Crippen LogP contribution in [0.2, 0.25) is 0 Å². The van der Waals surface area contributed by atoms with E-state index in [2.05, 4.69) is 27.3 Å². The van der Waals surface area contributed by atoms with E-state index in [1.54, 1.807) is 11.3 Å². The predicted octanol–water partition coefficient (Wildman–Crippen LogP) is 2.24. The molecule has 0 saturated carbocycles. The molecule has 2 aromatic heterocycles. The third-order valence-electron chi connectivity index (χ3n) is 1.94. The van der Waals surface area contributed by atoms with Crippen LogP contribution in [0.1, 0.15) is 0 Å². The average Bonchev–Trinajstić information content (AvgIpc) is 2.56. The maximum atomic E-state index is 4.21. The quantitative estimate of drug-likeness (QED) is 0.541. The van der Waals surface area contributed by atoms with Gasteiger partial charge in [-0.3, -0.25) is 0 Å². The summed E-state index contributed by atoms with van der Waals surface area (Å²) in [5, 5.41) is 8.95. The van der Waals surface area contributed by atoms with Gasteiger partial charge in [-0.1, -0.05) is 18.2 Å². The van der Waals surface area contributed by atoms with E-state index in [4.69, 9.17) is 0 Å². The topological polar surface area (TPSA) is 38.7 Å². The van der Waals surface area contributed by atoms with E-state index in [1.807, 2.05) is 12.1 Å². The van der Waals surface area contributed by atoms with E-state index in [-0.39, 0.29) is 0 Å². The molecule has 0 bridgehead atoms. The second kappa shape index (κ2) is 2.47. The highest BCUT2D eigenvalue weighted by atomic mass is 32.1. The molecule has 3 rings (SSSR count). The zero-order chi connectivity index (χ0) is 8.67. The van der Waals surface area contributed by atoms with Gasteiger partial charge >= 0.3 is 0 Å². The molecule has 0 aliphatic heterocycles. The lowest BCUT2D eigenvalue weighted by molar-refractivity contribution is 1.03. The Labute approximate surface area is 78.1 Å². The number of aromatic nitrogens is 3. The van der Waals surface area contributed by atoms with Gasteiger partial charge in [0.25, 0.3) is 0 Å². The third kappa shape index (κ3) is 0.922. The lowest BCUT2D eigenvalue weighted by atomic mass is 10.2. The SMILES string of the molecule is c1ccc2c(c1)sc1nncnc12. The van der Waals surface area contributed by atoms with Gasteiger partial charge in [0.2, 0.25) is 0 Å². The van der Waals surface area contributed by atoms with Gasteiger partial charge in [-0.15, -0.1) is 21.5 Å². The van der Waals surface area contributed by atoms with Crippen LogP contribution in [0.15, 0.2) is 30.6 Å². The number of thiophene rings is 1. The Morgan fingerprint density at radius 3 is 3.08 bits per heavy atom. The first kappa shape index (κ1) is 6.91. The van der Waals surface area contributed by atoms with Gasteiger partial charge in [-0.05, 0) is 6.07 Å². The monoisotopic (exact) mass is 187 g/mol. The first-order valence-corrected chi connectivity index (χ1v) is 4.72. The van der Waals surface area contributed by atoms with Gasteiger partial charge in [0.1, 0.15) is 11.8 Å². The molecule has 0 unspecified atom stereocenters. The molecule has 4 heteroatoms. The molecule has 0 radical (unpaired) electrons. The number of benzene rings is 1. The van der Waals surface area contributed by atoms with Crippen molar-refractivity contribution in [2.45, 2.75) is 0 Å². The smallest absolute Gasteiger partial charge is 0.165 e. The molecule has 62 valence electrons. The highest BCUT2D eigenvalue weighted by Crippen LogP contribution is 2.29. The summed E-state index contributed by atoms with van der Waals surface area (Å²) < 4.78 is 1.21. The fourth-order valence-corrected chi connectivity index (χ4v) is 2.35. The number of nitrogens with zero attached hydrogens (tertiary/aromatic N) is 3. The number of hydrogen-bond donors (Lipinski definition) is 0. The molecule has 3 nitrogen and oxygen atoms in total. The molecule has 0 saturated heterocycles. The fraction of sp³-hybridized carbons (Fsp3) is 0. The van der Waals surface area contributed by atoms with E-state index in [1.165, 1.54) is 11.0 Å². The van der Waals surface area contributed by atoms with Crippen LogP contribution < -0.4 is 0 Å². The van der Waals surface area contributed by atoms with Crippen molar-refractivity contribution in [2.75, 3.05) is 0 Å². The van der Waals surface area contributed by atoms with Gasteiger partial charge in [-0.25, -0.2) is 4.98 Å². The molecule has 0 spiro atoms. The Balaban J connectivity index is 2.64. The first-order valence-electron chi connectivity index (χ1n) is 3.90. The zero-order valence-electron chi connectivity index (χ0n) is 6.64. The number of rotatable bonds is 0. The molecule has 0 atom stereocenters. The molecule has 0 N–H and O–H groups in total. The molecule has 0 amide bonds. The van der Waals surface area contributed by atoms with E-state index in [0.29, 0.717) is 0 Å². The molecule has 0 aliphatic carbocycles. The highest BCUT2D eigenvalue weighted by molar-refractivity contribution is 7.25. The van der Waals surface area contributed by atoms with Crippen LogP contribution in [-0.4, -0.2) is 15.2 Å². The van der Waals surface area contributed by atoms with Crippen molar-refractivity contribution < 1.29 is 0 Å². The van der Waals surface area contributed by atoms with Gasteiger partial charge in [0, 0.05) is 10.1 Å². The van der Waals surface area contributed by atoms with Gasteiger partial charge in [0.05, 0.1) is 0 Å². The van der Waals surface area contributed by atoms with Crippen LogP contribution >= 0.6 is 11.3 Å². The van der Waals surface area contributed by atoms with Crippen molar-refractivity contribution in [3.8, 4) is 0 Å². The van der Waals surface area contributed by atoms with Crippen molar-refractivity contribution in [3.05, 3.63) is 30.6 Å². The van der Waals surface area contributed by atoms with Gasteiger partial charge < -0.3 is 0 Å². The van der Waals surface area contributed by atoms with E-state index in [9.17, 15) is 0 Å². The van der Waals surface area contributed by atoms with Crippen molar-refractivity contribution in [3.63, 3.8) is 0 Å². The van der Waals surface area contributed by atoms with Crippen molar-refractivity contribution >= 4 is 31.8 Å². The summed E-state index contributed by atoms with van der Waals surface area (Å²) in [4.78, 5) is 5.11. The van der Waals surface area contributed by atoms with Crippen LogP contribution in [0.3, 0.4) is 0 Å². The van der Waals surface area contributed by atoms with Gasteiger partial charge in [0.15, 0.2) is 4.83 Å². The minimum absolute atomic E-state index is 0.906. The summed E-state index contributed by atoms with van der Waals surface area (Å²) in [5.74, 6) is 0. The van der Waals surface area contributed by atoms with E-state index in [0.717, 1.165) is 15.7 Å². The maximum absolute atomic E-state index is 4.21. The Kier molecular flexibility index (Phi) is 1.31. The van der Waals surface area contributed by atoms with Crippen LogP contribution in [0, 0.1) is 0 Å². The van der Waals surface area contributed by atoms with Crippen LogP contribution in [0.5, 0.6) is 0 Å². The molecule has 0 aliphatic rings. The average molecular weight is 187 g/mol. The molecule has 2 heterocycles. The van der Waals surface area contributed by atoms with E-state index >= 15 is 0 Å². The first-order chi connectivity index (χ1) is 6.45. The molecular weight excluding hydrogens is 182 g/mol. The Morgan fingerprint density at radius 2 is 2.08 bits per heavy atom. The summed E-state index contributed by atoms with van der Waals surface area (Å²) >= 11 is 1.63. The van der Waals surface area contributed by atoms with Gasteiger partial charge in [-0.2, -0.15) is 0 Å². The fourth-order valence-electron chi connectivity index (χ4n) is 1.37. The van der Waals surface area contributed by atoms with E-state index < -0.39 is 0 Å². The van der Waals surface area contributed by atoms with Crippen LogP contribution in [0.25, 0.3) is 20.4 Å². The highest BCUT2D eigenvalue weighted by Gasteiger charge is 2.04. The lowest BCUT2D eigenvalue weighted by Crippen LogP contribution is -1.80. The third-order valence-corrected chi connectivity index (χ3v) is 2.98. The second-order valence-corrected chi connectivity index (χ2v) is 3.74. The largest absolute Gasteiger partial charge is 0.231 e.